The standard InChI is InChI=1S/C19H22FN5/c1-12-7-13(18-5-4-6-24(18)2)8-15(20)19(12)17-9-16(22-23-17)14-10-21-25(3)11-14/h7-11,18H,4-6H2,1-3H3,(H,22,23). The molecule has 1 saturated heterocycles. The molecule has 4 rings (SSSR count). The SMILES string of the molecule is Cc1cc(C2CCCN2C)cc(F)c1-c1cc(-c2cnn(C)c2)n[nH]1. The number of likely N-dealkylation sites (tertiary alicyclic amines) is 1. The van der Waals surface area contributed by atoms with Crippen LogP contribution in [0.4, 0.5) is 4.39 Å². The van der Waals surface area contributed by atoms with Gasteiger partial charge in [-0.3, -0.25) is 14.7 Å². The number of benzene rings is 1. The van der Waals surface area contributed by atoms with Crippen LogP contribution in [0, 0.1) is 12.7 Å². The van der Waals surface area contributed by atoms with Crippen LogP contribution in [0.3, 0.4) is 0 Å². The number of aromatic amines is 1. The first-order valence-electron chi connectivity index (χ1n) is 8.58. The number of hydrogen-bond donors (Lipinski definition) is 1. The van der Waals surface area contributed by atoms with Crippen molar-refractivity contribution in [2.75, 3.05) is 13.6 Å². The number of rotatable bonds is 3. The Hall–Kier alpha value is -2.47. The summed E-state index contributed by atoms with van der Waals surface area (Å²) in [6.45, 7) is 3.03. The highest BCUT2D eigenvalue weighted by Crippen LogP contribution is 2.35. The van der Waals surface area contributed by atoms with Gasteiger partial charge in [0.15, 0.2) is 0 Å². The molecule has 1 atom stereocenters. The highest BCUT2D eigenvalue weighted by Gasteiger charge is 2.24. The summed E-state index contributed by atoms with van der Waals surface area (Å²) < 4.78 is 16.6. The predicted molar refractivity (Wildman–Crippen MR) is 95.5 cm³/mol. The average molecular weight is 339 g/mol. The Morgan fingerprint density at radius 1 is 1.24 bits per heavy atom. The maximum absolute atomic E-state index is 14.9. The van der Waals surface area contributed by atoms with Crippen molar-refractivity contribution in [1.82, 2.24) is 24.9 Å². The fourth-order valence-electron chi connectivity index (χ4n) is 3.79. The minimum Gasteiger partial charge on any atom is -0.299 e. The van der Waals surface area contributed by atoms with Crippen LogP contribution < -0.4 is 0 Å². The monoisotopic (exact) mass is 339 g/mol. The smallest absolute Gasteiger partial charge is 0.133 e. The van der Waals surface area contributed by atoms with Crippen LogP contribution >= 0.6 is 0 Å². The predicted octanol–water partition coefficient (Wildman–Crippen LogP) is 3.69. The number of nitrogens with zero attached hydrogens (tertiary/aromatic N) is 4. The molecular weight excluding hydrogens is 317 g/mol. The molecule has 6 heteroatoms. The van der Waals surface area contributed by atoms with E-state index in [1.165, 1.54) is 6.42 Å². The summed E-state index contributed by atoms with van der Waals surface area (Å²) in [5.41, 5.74) is 4.95. The number of aromatic nitrogens is 4. The molecule has 3 aromatic rings. The van der Waals surface area contributed by atoms with Gasteiger partial charge in [0, 0.05) is 30.4 Å². The molecule has 1 unspecified atom stereocenters. The Morgan fingerprint density at radius 2 is 2.08 bits per heavy atom. The second-order valence-corrected chi connectivity index (χ2v) is 6.90. The van der Waals surface area contributed by atoms with E-state index in [2.05, 4.69) is 33.3 Å². The third-order valence-electron chi connectivity index (χ3n) is 5.06. The second kappa shape index (κ2) is 6.11. The lowest BCUT2D eigenvalue weighted by Crippen LogP contribution is -2.17. The molecule has 1 fully saturated rings. The summed E-state index contributed by atoms with van der Waals surface area (Å²) in [6.07, 6.45) is 5.90. The first kappa shape index (κ1) is 16.0. The summed E-state index contributed by atoms with van der Waals surface area (Å²) in [4.78, 5) is 2.30. The molecule has 0 aliphatic carbocycles. The maximum atomic E-state index is 14.9. The minimum absolute atomic E-state index is 0.198. The number of halogens is 1. The summed E-state index contributed by atoms with van der Waals surface area (Å²) in [7, 11) is 3.97. The highest BCUT2D eigenvalue weighted by molar-refractivity contribution is 5.70. The van der Waals surface area contributed by atoms with E-state index in [-0.39, 0.29) is 5.82 Å². The highest BCUT2D eigenvalue weighted by atomic mass is 19.1. The number of nitrogens with one attached hydrogen (secondary N) is 1. The lowest BCUT2D eigenvalue weighted by Gasteiger charge is -2.21. The Balaban J connectivity index is 1.70. The van der Waals surface area contributed by atoms with Crippen molar-refractivity contribution in [3.8, 4) is 22.5 Å². The third kappa shape index (κ3) is 2.87. The van der Waals surface area contributed by atoms with Crippen molar-refractivity contribution in [3.63, 3.8) is 0 Å². The van der Waals surface area contributed by atoms with Gasteiger partial charge in [0.2, 0.25) is 0 Å². The van der Waals surface area contributed by atoms with Crippen molar-refractivity contribution < 1.29 is 4.39 Å². The molecule has 0 saturated carbocycles. The van der Waals surface area contributed by atoms with Crippen molar-refractivity contribution in [2.45, 2.75) is 25.8 Å². The average Bonchev–Trinajstić information content (AvgIpc) is 3.27. The van der Waals surface area contributed by atoms with Crippen LogP contribution in [-0.4, -0.2) is 38.5 Å². The summed E-state index contributed by atoms with van der Waals surface area (Å²) in [5, 5.41) is 11.4. The van der Waals surface area contributed by atoms with Gasteiger partial charge in [-0.25, -0.2) is 4.39 Å². The van der Waals surface area contributed by atoms with Crippen LogP contribution in [-0.2, 0) is 7.05 Å². The van der Waals surface area contributed by atoms with Crippen molar-refractivity contribution >= 4 is 0 Å². The van der Waals surface area contributed by atoms with Crippen LogP contribution in [0.25, 0.3) is 22.5 Å². The Morgan fingerprint density at radius 3 is 2.72 bits per heavy atom. The van der Waals surface area contributed by atoms with Gasteiger partial charge >= 0.3 is 0 Å². The Bertz CT molecular complexity index is 887. The number of hydrogen-bond acceptors (Lipinski definition) is 3. The van der Waals surface area contributed by atoms with E-state index in [9.17, 15) is 4.39 Å². The fraction of sp³-hybridized carbons (Fsp3) is 0.368. The lowest BCUT2D eigenvalue weighted by molar-refractivity contribution is 0.316. The van der Waals surface area contributed by atoms with E-state index < -0.39 is 0 Å². The van der Waals surface area contributed by atoms with E-state index >= 15 is 0 Å². The van der Waals surface area contributed by atoms with Gasteiger partial charge in [0.05, 0.1) is 17.6 Å². The van der Waals surface area contributed by atoms with Gasteiger partial charge in [-0.2, -0.15) is 10.2 Å². The number of H-pyrrole nitrogens is 1. The maximum Gasteiger partial charge on any atom is 0.133 e. The summed E-state index contributed by atoms with van der Waals surface area (Å²) in [5.74, 6) is -0.198. The van der Waals surface area contributed by atoms with Crippen molar-refractivity contribution in [3.05, 3.63) is 47.5 Å². The molecule has 130 valence electrons. The first-order chi connectivity index (χ1) is 12.0. The molecule has 0 spiro atoms. The second-order valence-electron chi connectivity index (χ2n) is 6.90. The van der Waals surface area contributed by atoms with Crippen LogP contribution in [0.15, 0.2) is 30.6 Å². The molecule has 1 aromatic carbocycles. The molecule has 1 N–H and O–H groups in total. The van der Waals surface area contributed by atoms with Crippen LogP contribution in [0.2, 0.25) is 0 Å². The van der Waals surface area contributed by atoms with Crippen LogP contribution in [0.1, 0.15) is 30.0 Å². The molecule has 25 heavy (non-hydrogen) atoms. The van der Waals surface area contributed by atoms with Gasteiger partial charge in [-0.1, -0.05) is 6.07 Å². The quantitative estimate of drug-likeness (QED) is 0.792. The Labute approximate surface area is 146 Å². The van der Waals surface area contributed by atoms with E-state index in [1.807, 2.05) is 26.2 Å². The topological polar surface area (TPSA) is 49.7 Å². The third-order valence-corrected chi connectivity index (χ3v) is 5.06. The minimum atomic E-state index is -0.198. The summed E-state index contributed by atoms with van der Waals surface area (Å²) >= 11 is 0. The number of aryl methyl sites for hydroxylation is 2. The van der Waals surface area contributed by atoms with Gasteiger partial charge < -0.3 is 0 Å². The van der Waals surface area contributed by atoms with Gasteiger partial charge in [-0.15, -0.1) is 0 Å². The fourth-order valence-corrected chi connectivity index (χ4v) is 3.79. The van der Waals surface area contributed by atoms with Crippen LogP contribution in [0.5, 0.6) is 0 Å². The Kier molecular flexibility index (Phi) is 3.92. The first-order valence-corrected chi connectivity index (χ1v) is 8.58. The molecule has 1 aliphatic heterocycles. The van der Waals surface area contributed by atoms with E-state index in [4.69, 9.17) is 0 Å². The zero-order valence-electron chi connectivity index (χ0n) is 14.8. The lowest BCUT2D eigenvalue weighted by atomic mass is 9.96. The molecule has 5 nitrogen and oxygen atoms in total. The molecule has 1 aliphatic rings. The van der Waals surface area contributed by atoms with Gasteiger partial charge in [0.1, 0.15) is 5.82 Å². The molecule has 0 radical (unpaired) electrons. The van der Waals surface area contributed by atoms with Gasteiger partial charge in [-0.05, 0) is 56.6 Å². The van der Waals surface area contributed by atoms with Crippen molar-refractivity contribution in [1.29, 1.82) is 0 Å². The van der Waals surface area contributed by atoms with E-state index in [0.29, 0.717) is 17.3 Å². The normalized spacial score (nSPS) is 18.2. The molecule has 0 amide bonds. The van der Waals surface area contributed by atoms with Crippen molar-refractivity contribution in [2.24, 2.45) is 7.05 Å². The molecule has 3 heterocycles. The largest absolute Gasteiger partial charge is 0.299 e. The molecule has 0 bridgehead atoms. The zero-order chi connectivity index (χ0) is 17.6. The molecular formula is C19H22FN5. The van der Waals surface area contributed by atoms with Gasteiger partial charge in [0.25, 0.3) is 0 Å². The zero-order valence-corrected chi connectivity index (χ0v) is 14.8. The van der Waals surface area contributed by atoms with E-state index in [1.54, 1.807) is 16.9 Å². The van der Waals surface area contributed by atoms with E-state index in [0.717, 1.165) is 35.3 Å². The molecule has 2 aromatic heterocycles. The summed E-state index contributed by atoms with van der Waals surface area (Å²) in [6, 6.07) is 5.98.